The summed E-state index contributed by atoms with van der Waals surface area (Å²) in [5, 5.41) is 2.99. The molecule has 1 N–H and O–H groups in total. The van der Waals surface area contributed by atoms with Crippen molar-refractivity contribution < 1.29 is 4.39 Å². The standard InChI is InChI=1S/C14H22FN3/c1-3-16-14-12(15)10(2)17-13(18-14)11-8-6-4-5-7-9-11/h11H,3-9H2,1-2H3,(H,16,17,18). The fourth-order valence-electron chi connectivity index (χ4n) is 2.59. The van der Waals surface area contributed by atoms with Crippen LogP contribution in [-0.2, 0) is 0 Å². The maximum absolute atomic E-state index is 13.8. The molecule has 1 saturated carbocycles. The molecule has 0 aromatic carbocycles. The van der Waals surface area contributed by atoms with Crippen LogP contribution in [-0.4, -0.2) is 16.5 Å². The van der Waals surface area contributed by atoms with Crippen LogP contribution in [0.1, 0.15) is 62.9 Å². The smallest absolute Gasteiger partial charge is 0.186 e. The summed E-state index contributed by atoms with van der Waals surface area (Å²) in [7, 11) is 0. The van der Waals surface area contributed by atoms with Gasteiger partial charge in [0, 0.05) is 12.5 Å². The van der Waals surface area contributed by atoms with Gasteiger partial charge in [0.15, 0.2) is 11.6 Å². The summed E-state index contributed by atoms with van der Waals surface area (Å²) in [5.74, 6) is 1.29. The van der Waals surface area contributed by atoms with Gasteiger partial charge in [-0.15, -0.1) is 0 Å². The molecule has 3 nitrogen and oxygen atoms in total. The molecule has 100 valence electrons. The average Bonchev–Trinajstić information content (AvgIpc) is 2.63. The Bertz CT molecular complexity index is 398. The summed E-state index contributed by atoms with van der Waals surface area (Å²) in [4.78, 5) is 8.75. The highest BCUT2D eigenvalue weighted by molar-refractivity contribution is 5.38. The number of halogens is 1. The van der Waals surface area contributed by atoms with Gasteiger partial charge >= 0.3 is 0 Å². The Balaban J connectivity index is 2.26. The molecule has 1 aliphatic rings. The molecule has 0 radical (unpaired) electrons. The van der Waals surface area contributed by atoms with E-state index in [1.54, 1.807) is 6.92 Å². The fourth-order valence-corrected chi connectivity index (χ4v) is 2.59. The minimum absolute atomic E-state index is 0.311. The van der Waals surface area contributed by atoms with Crippen LogP contribution in [0, 0.1) is 12.7 Å². The molecule has 1 aliphatic carbocycles. The molecular weight excluding hydrogens is 229 g/mol. The van der Waals surface area contributed by atoms with E-state index in [-0.39, 0.29) is 5.82 Å². The van der Waals surface area contributed by atoms with Gasteiger partial charge in [-0.05, 0) is 26.7 Å². The predicted molar refractivity (Wildman–Crippen MR) is 71.3 cm³/mol. The van der Waals surface area contributed by atoms with Crippen LogP contribution in [0.4, 0.5) is 10.2 Å². The summed E-state index contributed by atoms with van der Waals surface area (Å²) in [6, 6.07) is 0. The first-order chi connectivity index (χ1) is 8.72. The number of hydrogen-bond donors (Lipinski definition) is 1. The average molecular weight is 251 g/mol. The van der Waals surface area contributed by atoms with Crippen molar-refractivity contribution in [3.8, 4) is 0 Å². The third kappa shape index (κ3) is 2.98. The van der Waals surface area contributed by atoms with Crippen LogP contribution in [0.5, 0.6) is 0 Å². The van der Waals surface area contributed by atoms with E-state index in [9.17, 15) is 4.39 Å². The van der Waals surface area contributed by atoms with Gasteiger partial charge in [-0.2, -0.15) is 0 Å². The largest absolute Gasteiger partial charge is 0.368 e. The Morgan fingerprint density at radius 3 is 2.44 bits per heavy atom. The monoisotopic (exact) mass is 251 g/mol. The van der Waals surface area contributed by atoms with Crippen molar-refractivity contribution >= 4 is 5.82 Å². The molecule has 1 aromatic rings. The molecule has 0 aliphatic heterocycles. The van der Waals surface area contributed by atoms with Crippen molar-refractivity contribution in [2.75, 3.05) is 11.9 Å². The first-order valence-electron chi connectivity index (χ1n) is 7.00. The van der Waals surface area contributed by atoms with Crippen molar-refractivity contribution in [3.63, 3.8) is 0 Å². The van der Waals surface area contributed by atoms with Gasteiger partial charge in [-0.1, -0.05) is 25.7 Å². The molecule has 0 bridgehead atoms. The van der Waals surface area contributed by atoms with E-state index in [2.05, 4.69) is 15.3 Å². The highest BCUT2D eigenvalue weighted by Crippen LogP contribution is 2.30. The number of aryl methyl sites for hydroxylation is 1. The molecule has 0 atom stereocenters. The number of nitrogens with one attached hydrogen (secondary N) is 1. The Morgan fingerprint density at radius 2 is 1.83 bits per heavy atom. The Kier molecular flexibility index (Phi) is 4.50. The van der Waals surface area contributed by atoms with Crippen LogP contribution in [0.15, 0.2) is 0 Å². The topological polar surface area (TPSA) is 37.8 Å². The molecule has 4 heteroatoms. The van der Waals surface area contributed by atoms with Crippen LogP contribution >= 0.6 is 0 Å². The molecule has 0 amide bonds. The van der Waals surface area contributed by atoms with E-state index in [1.165, 1.54) is 25.7 Å². The SMILES string of the molecule is CCNc1nc(C2CCCCCC2)nc(C)c1F. The van der Waals surface area contributed by atoms with Crippen molar-refractivity contribution in [1.29, 1.82) is 0 Å². The van der Waals surface area contributed by atoms with E-state index >= 15 is 0 Å². The zero-order valence-electron chi connectivity index (χ0n) is 11.3. The molecule has 1 fully saturated rings. The molecular formula is C14H22FN3. The zero-order chi connectivity index (χ0) is 13.0. The lowest BCUT2D eigenvalue weighted by Crippen LogP contribution is -2.11. The summed E-state index contributed by atoms with van der Waals surface area (Å²) in [5.41, 5.74) is 0.459. The molecule has 0 unspecified atom stereocenters. The maximum atomic E-state index is 13.8. The Hall–Kier alpha value is -1.19. The number of aromatic nitrogens is 2. The maximum Gasteiger partial charge on any atom is 0.186 e. The lowest BCUT2D eigenvalue weighted by atomic mass is 9.99. The first kappa shape index (κ1) is 13.2. The third-order valence-electron chi connectivity index (χ3n) is 3.60. The minimum atomic E-state index is -0.311. The highest BCUT2D eigenvalue weighted by Gasteiger charge is 2.20. The normalized spacial score (nSPS) is 17.5. The van der Waals surface area contributed by atoms with Gasteiger partial charge in [0.2, 0.25) is 0 Å². The molecule has 18 heavy (non-hydrogen) atoms. The molecule has 2 rings (SSSR count). The second kappa shape index (κ2) is 6.12. The van der Waals surface area contributed by atoms with E-state index < -0.39 is 0 Å². The van der Waals surface area contributed by atoms with Crippen LogP contribution in [0.25, 0.3) is 0 Å². The quantitative estimate of drug-likeness (QED) is 0.830. The van der Waals surface area contributed by atoms with Gasteiger partial charge in [0.25, 0.3) is 0 Å². The summed E-state index contributed by atoms with van der Waals surface area (Å²) >= 11 is 0. The van der Waals surface area contributed by atoms with Crippen molar-refractivity contribution in [1.82, 2.24) is 9.97 Å². The Morgan fingerprint density at radius 1 is 1.17 bits per heavy atom. The number of rotatable bonds is 3. The molecule has 1 heterocycles. The lowest BCUT2D eigenvalue weighted by molar-refractivity contribution is 0.542. The van der Waals surface area contributed by atoms with E-state index in [0.717, 1.165) is 18.7 Å². The van der Waals surface area contributed by atoms with Gasteiger partial charge in [0.05, 0.1) is 5.69 Å². The number of nitrogens with zero attached hydrogens (tertiary/aromatic N) is 2. The van der Waals surface area contributed by atoms with E-state index in [4.69, 9.17) is 0 Å². The van der Waals surface area contributed by atoms with E-state index in [1.807, 2.05) is 6.92 Å². The lowest BCUT2D eigenvalue weighted by Gasteiger charge is -2.15. The van der Waals surface area contributed by atoms with Crippen molar-refractivity contribution in [3.05, 3.63) is 17.3 Å². The Labute approximate surface area is 108 Å². The van der Waals surface area contributed by atoms with E-state index in [0.29, 0.717) is 24.0 Å². The second-order valence-corrected chi connectivity index (χ2v) is 5.05. The number of anilines is 1. The molecule has 1 aromatic heterocycles. The van der Waals surface area contributed by atoms with Crippen LogP contribution in [0.3, 0.4) is 0 Å². The number of hydrogen-bond acceptors (Lipinski definition) is 3. The molecule has 0 spiro atoms. The minimum Gasteiger partial charge on any atom is -0.368 e. The zero-order valence-corrected chi connectivity index (χ0v) is 11.3. The van der Waals surface area contributed by atoms with Gasteiger partial charge in [-0.3, -0.25) is 0 Å². The summed E-state index contributed by atoms with van der Waals surface area (Å²) < 4.78 is 13.8. The predicted octanol–water partition coefficient (Wildman–Crippen LogP) is 3.79. The van der Waals surface area contributed by atoms with Crippen LogP contribution in [0.2, 0.25) is 0 Å². The second-order valence-electron chi connectivity index (χ2n) is 5.05. The van der Waals surface area contributed by atoms with Gasteiger partial charge in [-0.25, -0.2) is 14.4 Å². The van der Waals surface area contributed by atoms with Gasteiger partial charge in [0.1, 0.15) is 5.82 Å². The summed E-state index contributed by atoms with van der Waals surface area (Å²) in [6.45, 7) is 4.34. The fraction of sp³-hybridized carbons (Fsp3) is 0.714. The highest BCUT2D eigenvalue weighted by atomic mass is 19.1. The third-order valence-corrected chi connectivity index (χ3v) is 3.60. The van der Waals surface area contributed by atoms with Crippen molar-refractivity contribution in [2.24, 2.45) is 0 Å². The molecule has 0 saturated heterocycles. The van der Waals surface area contributed by atoms with Crippen molar-refractivity contribution in [2.45, 2.75) is 58.3 Å². The first-order valence-corrected chi connectivity index (χ1v) is 7.00. The van der Waals surface area contributed by atoms with Gasteiger partial charge < -0.3 is 5.32 Å². The van der Waals surface area contributed by atoms with Crippen LogP contribution < -0.4 is 5.32 Å². The summed E-state index contributed by atoms with van der Waals surface area (Å²) in [6.07, 6.45) is 7.35.